The van der Waals surface area contributed by atoms with Crippen molar-refractivity contribution in [3.05, 3.63) is 11.1 Å². The van der Waals surface area contributed by atoms with Crippen LogP contribution in [0.4, 0.5) is 0 Å². The molecule has 0 saturated carbocycles. The first kappa shape index (κ1) is 12.3. The van der Waals surface area contributed by atoms with Crippen molar-refractivity contribution in [1.82, 2.24) is 4.90 Å². The van der Waals surface area contributed by atoms with Gasteiger partial charge in [-0.25, -0.2) is 0 Å². The van der Waals surface area contributed by atoms with Crippen molar-refractivity contribution in [3.63, 3.8) is 0 Å². The molecule has 0 radical (unpaired) electrons. The fourth-order valence-corrected chi connectivity index (χ4v) is 1.27. The predicted molar refractivity (Wildman–Crippen MR) is 57.0 cm³/mol. The fourth-order valence-electron chi connectivity index (χ4n) is 0.983. The zero-order valence-corrected chi connectivity index (χ0v) is 9.49. The molecule has 1 nitrogen and oxygen atoms in total. The highest BCUT2D eigenvalue weighted by atomic mass is 35.5. The van der Waals surface area contributed by atoms with Crippen LogP contribution in [-0.4, -0.2) is 29.9 Å². The van der Waals surface area contributed by atoms with Crippen LogP contribution < -0.4 is 0 Å². The van der Waals surface area contributed by atoms with Gasteiger partial charge in [0.15, 0.2) is 0 Å². The first-order chi connectivity index (χ1) is 5.61. The Morgan fingerprint density at radius 1 is 1.50 bits per heavy atom. The molecule has 0 unspecified atom stereocenters. The van der Waals surface area contributed by atoms with E-state index >= 15 is 0 Å². The van der Waals surface area contributed by atoms with Gasteiger partial charge in [-0.3, -0.25) is 4.90 Å². The van der Waals surface area contributed by atoms with Crippen molar-refractivity contribution >= 4 is 23.2 Å². The molecule has 0 rings (SSSR count). The van der Waals surface area contributed by atoms with Gasteiger partial charge in [-0.05, 0) is 26.3 Å². The van der Waals surface area contributed by atoms with Gasteiger partial charge in [0.2, 0.25) is 0 Å². The van der Waals surface area contributed by atoms with Gasteiger partial charge in [-0.1, -0.05) is 11.6 Å². The van der Waals surface area contributed by atoms with Gasteiger partial charge < -0.3 is 0 Å². The van der Waals surface area contributed by atoms with Crippen LogP contribution in [0.2, 0.25) is 0 Å². The van der Waals surface area contributed by atoms with E-state index in [2.05, 4.69) is 18.7 Å². The summed E-state index contributed by atoms with van der Waals surface area (Å²) in [6.45, 7) is 8.17. The van der Waals surface area contributed by atoms with Gasteiger partial charge in [0.05, 0.1) is 0 Å². The highest BCUT2D eigenvalue weighted by molar-refractivity contribution is 6.25. The molecule has 3 heteroatoms. The van der Waals surface area contributed by atoms with E-state index in [1.165, 1.54) is 5.57 Å². The fraction of sp³-hybridized carbons (Fsp3) is 0.778. The lowest BCUT2D eigenvalue weighted by Crippen LogP contribution is -2.33. The molecule has 0 aliphatic rings. The predicted octanol–water partition coefficient (Wildman–Crippen LogP) is 3.08. The van der Waals surface area contributed by atoms with E-state index in [0.717, 1.165) is 13.1 Å². The number of hydrogen-bond donors (Lipinski definition) is 0. The lowest BCUT2D eigenvalue weighted by molar-refractivity contribution is 0.255. The van der Waals surface area contributed by atoms with Crippen LogP contribution in [0.3, 0.4) is 0 Å². The molecule has 0 N–H and O–H groups in total. The van der Waals surface area contributed by atoms with E-state index in [1.54, 1.807) is 5.54 Å². The molecule has 0 fully saturated rings. The largest absolute Gasteiger partial charge is 0.296 e. The average Bonchev–Trinajstić information content (AvgIpc) is 2.03. The molecule has 0 bridgehead atoms. The van der Waals surface area contributed by atoms with Crippen molar-refractivity contribution in [3.8, 4) is 0 Å². The quantitative estimate of drug-likeness (QED) is 0.630. The third kappa shape index (κ3) is 5.02. The molecule has 0 amide bonds. The summed E-state index contributed by atoms with van der Waals surface area (Å²) < 4.78 is 0. The van der Waals surface area contributed by atoms with Gasteiger partial charge in [0.25, 0.3) is 0 Å². The smallest absolute Gasteiger partial charge is 0.0351 e. The van der Waals surface area contributed by atoms with Crippen LogP contribution >= 0.6 is 23.2 Å². The lowest BCUT2D eigenvalue weighted by atomic mass is 10.2. The molecule has 0 aliphatic carbocycles. The van der Waals surface area contributed by atoms with E-state index in [0.29, 0.717) is 11.9 Å². The minimum Gasteiger partial charge on any atom is -0.296 e. The lowest BCUT2D eigenvalue weighted by Gasteiger charge is -2.25. The second-order valence-electron chi connectivity index (χ2n) is 3.21. The molecule has 0 aromatic heterocycles. The van der Waals surface area contributed by atoms with Crippen molar-refractivity contribution in [2.24, 2.45) is 0 Å². The number of alkyl halides is 1. The van der Waals surface area contributed by atoms with Crippen LogP contribution in [0, 0.1) is 0 Å². The summed E-state index contributed by atoms with van der Waals surface area (Å²) >= 11 is 11.3. The Morgan fingerprint density at radius 3 is 2.42 bits per heavy atom. The van der Waals surface area contributed by atoms with Gasteiger partial charge in [0.1, 0.15) is 0 Å². The van der Waals surface area contributed by atoms with E-state index < -0.39 is 0 Å². The zero-order valence-electron chi connectivity index (χ0n) is 7.98. The minimum absolute atomic E-state index is 0.523. The van der Waals surface area contributed by atoms with Crippen LogP contribution in [0.1, 0.15) is 20.8 Å². The molecule has 0 aliphatic heterocycles. The average molecular weight is 210 g/mol. The van der Waals surface area contributed by atoms with Crippen molar-refractivity contribution in [1.29, 1.82) is 0 Å². The second-order valence-corrected chi connectivity index (χ2v) is 3.80. The summed E-state index contributed by atoms with van der Waals surface area (Å²) in [6.07, 6.45) is 0. The van der Waals surface area contributed by atoms with Crippen molar-refractivity contribution in [2.45, 2.75) is 26.8 Å². The number of hydrogen-bond acceptors (Lipinski definition) is 1. The van der Waals surface area contributed by atoms with Gasteiger partial charge >= 0.3 is 0 Å². The van der Waals surface area contributed by atoms with Crippen LogP contribution in [0.5, 0.6) is 0 Å². The minimum atomic E-state index is 0.523. The molecular weight excluding hydrogens is 193 g/mol. The third-order valence-electron chi connectivity index (χ3n) is 1.74. The molecule has 0 spiro atoms. The Balaban J connectivity index is 3.95. The Kier molecular flexibility index (Phi) is 6.92. The first-order valence-electron chi connectivity index (χ1n) is 4.17. The van der Waals surface area contributed by atoms with Gasteiger partial charge in [-0.2, -0.15) is 0 Å². The highest BCUT2D eigenvalue weighted by Gasteiger charge is 2.08. The summed E-state index contributed by atoms with van der Waals surface area (Å²) in [4.78, 5) is 2.29. The number of nitrogens with zero attached hydrogens (tertiary/aromatic N) is 1. The highest BCUT2D eigenvalue weighted by Crippen LogP contribution is 2.04. The monoisotopic (exact) mass is 209 g/mol. The second kappa shape index (κ2) is 6.76. The Morgan fingerprint density at radius 2 is 2.08 bits per heavy atom. The van der Waals surface area contributed by atoms with Crippen molar-refractivity contribution in [2.75, 3.05) is 19.0 Å². The van der Waals surface area contributed by atoms with Crippen LogP contribution in [0.25, 0.3) is 0 Å². The summed E-state index contributed by atoms with van der Waals surface area (Å²) in [5, 5.41) is 0. The summed E-state index contributed by atoms with van der Waals surface area (Å²) in [5.74, 6) is 0.674. The van der Waals surface area contributed by atoms with E-state index in [4.69, 9.17) is 23.2 Å². The molecule has 0 saturated heterocycles. The normalized spacial score (nSPS) is 13.1. The molecule has 0 aromatic rings. The molecule has 12 heavy (non-hydrogen) atoms. The van der Waals surface area contributed by atoms with Crippen molar-refractivity contribution < 1.29 is 0 Å². The molecule has 0 atom stereocenters. The molecule has 0 heterocycles. The maximum absolute atomic E-state index is 5.67. The number of halogens is 2. The molecule has 72 valence electrons. The number of rotatable bonds is 5. The van der Waals surface area contributed by atoms with Gasteiger partial charge in [0, 0.05) is 30.5 Å². The first-order valence-corrected chi connectivity index (χ1v) is 5.14. The Hall–Kier alpha value is 0.280. The van der Waals surface area contributed by atoms with E-state index in [1.807, 2.05) is 6.92 Å². The summed E-state index contributed by atoms with van der Waals surface area (Å²) in [5.41, 5.74) is 2.80. The van der Waals surface area contributed by atoms with Crippen LogP contribution in [0.15, 0.2) is 11.1 Å². The maximum atomic E-state index is 5.67. The molecular formula is C9H17Cl2N. The Labute approximate surface area is 85.3 Å². The molecule has 0 aromatic carbocycles. The van der Waals surface area contributed by atoms with Crippen LogP contribution in [-0.2, 0) is 0 Å². The summed E-state index contributed by atoms with van der Waals surface area (Å²) in [6, 6.07) is 0.523. The topological polar surface area (TPSA) is 3.24 Å². The van der Waals surface area contributed by atoms with Gasteiger partial charge in [-0.15, -0.1) is 11.6 Å². The third-order valence-corrected chi connectivity index (χ3v) is 2.28. The standard InChI is InChI=1S/C9H17Cl2N/c1-8(2)12(5-4-10)7-9(3)6-11/h6,8H,4-5,7H2,1-3H3. The van der Waals surface area contributed by atoms with E-state index in [-0.39, 0.29) is 0 Å². The SMILES string of the molecule is CC(=CCl)CN(CCCl)C(C)C. The van der Waals surface area contributed by atoms with E-state index in [9.17, 15) is 0 Å². The zero-order chi connectivity index (χ0) is 9.56. The summed E-state index contributed by atoms with van der Waals surface area (Å²) in [7, 11) is 0. The maximum Gasteiger partial charge on any atom is 0.0351 e. The Bertz CT molecular complexity index is 143.